The van der Waals surface area contributed by atoms with Crippen molar-refractivity contribution < 1.29 is 4.42 Å². The van der Waals surface area contributed by atoms with Crippen molar-refractivity contribution in [2.45, 2.75) is 38.0 Å². The number of rotatable bonds is 5. The molecule has 0 N–H and O–H groups in total. The van der Waals surface area contributed by atoms with Crippen molar-refractivity contribution in [2.24, 2.45) is 0 Å². The van der Waals surface area contributed by atoms with E-state index in [1.165, 1.54) is 35.6 Å². The van der Waals surface area contributed by atoms with Crippen molar-refractivity contribution in [3.05, 3.63) is 48.0 Å². The smallest absolute Gasteiger partial charge is 0.135 e. The van der Waals surface area contributed by atoms with Crippen LogP contribution in [-0.4, -0.2) is 0 Å². The van der Waals surface area contributed by atoms with Crippen molar-refractivity contribution in [1.82, 2.24) is 0 Å². The van der Waals surface area contributed by atoms with Gasteiger partial charge in [0.15, 0.2) is 0 Å². The van der Waals surface area contributed by atoms with E-state index in [1.54, 1.807) is 0 Å². The highest BCUT2D eigenvalue weighted by atomic mass is 35.5. The fraction of sp³-hybridized carbons (Fsp3) is 0.333. The Kier molecular flexibility index (Phi) is 3.98. The zero-order valence-electron chi connectivity index (χ0n) is 11.7. The summed E-state index contributed by atoms with van der Waals surface area (Å²) in [5, 5.41) is 2.43. The van der Waals surface area contributed by atoms with Crippen molar-refractivity contribution in [3.63, 3.8) is 0 Å². The molecule has 1 nitrogen and oxygen atoms in total. The molecule has 0 amide bonds. The molecule has 2 heteroatoms. The lowest BCUT2D eigenvalue weighted by molar-refractivity contribution is 0.654. The number of fused-ring (bicyclic) bond motifs is 3. The van der Waals surface area contributed by atoms with Crippen LogP contribution >= 0.6 is 11.6 Å². The van der Waals surface area contributed by atoms with E-state index >= 15 is 0 Å². The zero-order chi connectivity index (χ0) is 13.9. The Labute approximate surface area is 124 Å². The number of halogens is 1. The summed E-state index contributed by atoms with van der Waals surface area (Å²) in [7, 11) is 0. The molecule has 3 rings (SSSR count). The number of alkyl halides is 1. The molecule has 0 bridgehead atoms. The van der Waals surface area contributed by atoms with Gasteiger partial charge in [-0.25, -0.2) is 0 Å². The van der Waals surface area contributed by atoms with Crippen molar-refractivity contribution >= 4 is 33.5 Å². The second kappa shape index (κ2) is 5.88. The van der Waals surface area contributed by atoms with Crippen LogP contribution < -0.4 is 0 Å². The molecule has 0 fully saturated rings. The fourth-order valence-electron chi connectivity index (χ4n) is 2.68. The van der Waals surface area contributed by atoms with Crippen LogP contribution in [0.3, 0.4) is 0 Å². The third-order valence-corrected chi connectivity index (χ3v) is 4.29. The van der Waals surface area contributed by atoms with Gasteiger partial charge >= 0.3 is 0 Å². The Morgan fingerprint density at radius 1 is 1.00 bits per heavy atom. The van der Waals surface area contributed by atoms with Gasteiger partial charge in [-0.05, 0) is 30.2 Å². The monoisotopic (exact) mass is 286 g/mol. The van der Waals surface area contributed by atoms with Crippen molar-refractivity contribution in [2.75, 3.05) is 0 Å². The van der Waals surface area contributed by atoms with E-state index in [4.69, 9.17) is 16.0 Å². The molecule has 0 aliphatic carbocycles. The molecule has 3 aromatic rings. The molecular formula is C18H19ClO. The summed E-state index contributed by atoms with van der Waals surface area (Å²) in [4.78, 5) is 0. The molecule has 0 spiro atoms. The van der Waals surface area contributed by atoms with E-state index in [9.17, 15) is 0 Å². The van der Waals surface area contributed by atoms with Gasteiger partial charge in [0.2, 0.25) is 0 Å². The minimum atomic E-state index is 0.0969. The molecule has 0 aliphatic heterocycles. The van der Waals surface area contributed by atoms with Crippen LogP contribution in [0.5, 0.6) is 0 Å². The Morgan fingerprint density at radius 3 is 2.65 bits per heavy atom. The third-order valence-electron chi connectivity index (χ3n) is 3.82. The van der Waals surface area contributed by atoms with Crippen LogP contribution in [0.2, 0.25) is 0 Å². The summed E-state index contributed by atoms with van der Waals surface area (Å²) >= 11 is 6.53. The number of hydrogen-bond donors (Lipinski definition) is 0. The van der Waals surface area contributed by atoms with E-state index in [2.05, 4.69) is 25.1 Å². The maximum absolute atomic E-state index is 6.53. The number of para-hydroxylation sites is 1. The Hall–Kier alpha value is -1.47. The molecule has 1 heterocycles. The first kappa shape index (κ1) is 13.5. The van der Waals surface area contributed by atoms with Gasteiger partial charge in [-0.1, -0.05) is 50.5 Å². The summed E-state index contributed by atoms with van der Waals surface area (Å²) in [6.07, 6.45) is 4.71. The minimum Gasteiger partial charge on any atom is -0.456 e. The highest BCUT2D eigenvalue weighted by Gasteiger charge is 2.11. The van der Waals surface area contributed by atoms with E-state index in [0.29, 0.717) is 0 Å². The number of hydrogen-bond acceptors (Lipinski definition) is 1. The highest BCUT2D eigenvalue weighted by Crippen LogP contribution is 2.33. The van der Waals surface area contributed by atoms with E-state index in [-0.39, 0.29) is 5.38 Å². The predicted octanol–water partition coefficient (Wildman–Crippen LogP) is 6.45. The summed E-state index contributed by atoms with van der Waals surface area (Å²) in [6.45, 7) is 2.22. The van der Waals surface area contributed by atoms with Gasteiger partial charge in [-0.2, -0.15) is 0 Å². The second-order valence-corrected chi connectivity index (χ2v) is 5.84. The molecule has 1 atom stereocenters. The number of furan rings is 1. The van der Waals surface area contributed by atoms with Gasteiger partial charge in [-0.3, -0.25) is 0 Å². The largest absolute Gasteiger partial charge is 0.456 e. The van der Waals surface area contributed by atoms with Gasteiger partial charge < -0.3 is 4.42 Å². The third kappa shape index (κ3) is 2.55. The first-order valence-electron chi connectivity index (χ1n) is 7.35. The first-order chi connectivity index (χ1) is 9.79. The molecule has 104 valence electrons. The molecule has 2 aromatic carbocycles. The second-order valence-electron chi connectivity index (χ2n) is 5.32. The van der Waals surface area contributed by atoms with E-state index in [0.717, 1.165) is 17.6 Å². The van der Waals surface area contributed by atoms with Crippen LogP contribution in [0.25, 0.3) is 21.9 Å². The maximum atomic E-state index is 6.53. The van der Waals surface area contributed by atoms with Crippen LogP contribution in [0.4, 0.5) is 0 Å². The van der Waals surface area contributed by atoms with Gasteiger partial charge in [0.1, 0.15) is 11.2 Å². The van der Waals surface area contributed by atoms with Gasteiger partial charge in [0.05, 0.1) is 5.38 Å². The molecule has 1 aromatic heterocycles. The summed E-state index contributed by atoms with van der Waals surface area (Å²) in [6, 6.07) is 14.5. The Bertz CT molecular complexity index is 714. The summed E-state index contributed by atoms with van der Waals surface area (Å²) in [5.41, 5.74) is 3.07. The zero-order valence-corrected chi connectivity index (χ0v) is 12.5. The predicted molar refractivity (Wildman–Crippen MR) is 86.5 cm³/mol. The van der Waals surface area contributed by atoms with Crippen LogP contribution in [0.15, 0.2) is 46.9 Å². The highest BCUT2D eigenvalue weighted by molar-refractivity contribution is 6.21. The number of unbranched alkanes of at least 4 members (excludes halogenated alkanes) is 2. The van der Waals surface area contributed by atoms with Crippen molar-refractivity contribution in [3.8, 4) is 0 Å². The normalized spacial score (nSPS) is 13.1. The minimum absolute atomic E-state index is 0.0969. The standard InChI is InChI=1S/C18H19ClO/c1-2-3-4-8-16(19)13-10-11-18-15(12-13)14-7-5-6-9-17(14)20-18/h5-7,9-12,16H,2-4,8H2,1H3. The molecule has 0 aliphatic rings. The molecule has 1 unspecified atom stereocenters. The molecule has 0 saturated heterocycles. The van der Waals surface area contributed by atoms with Gasteiger partial charge in [0.25, 0.3) is 0 Å². The van der Waals surface area contributed by atoms with Crippen LogP contribution in [-0.2, 0) is 0 Å². The van der Waals surface area contributed by atoms with Crippen LogP contribution in [0, 0.1) is 0 Å². The molecule has 0 radical (unpaired) electrons. The quantitative estimate of drug-likeness (QED) is 0.388. The Balaban J connectivity index is 1.95. The number of benzene rings is 2. The molecule has 20 heavy (non-hydrogen) atoms. The van der Waals surface area contributed by atoms with Crippen LogP contribution in [0.1, 0.15) is 43.5 Å². The van der Waals surface area contributed by atoms with Crippen molar-refractivity contribution in [1.29, 1.82) is 0 Å². The van der Waals surface area contributed by atoms with E-state index in [1.807, 2.05) is 24.3 Å². The van der Waals surface area contributed by atoms with E-state index < -0.39 is 0 Å². The van der Waals surface area contributed by atoms with Gasteiger partial charge in [-0.15, -0.1) is 11.6 Å². The first-order valence-corrected chi connectivity index (χ1v) is 7.78. The molecular weight excluding hydrogens is 268 g/mol. The lowest BCUT2D eigenvalue weighted by atomic mass is 10.0. The lowest BCUT2D eigenvalue weighted by Crippen LogP contribution is -1.90. The SMILES string of the molecule is CCCCCC(Cl)c1ccc2oc3ccccc3c2c1. The summed E-state index contributed by atoms with van der Waals surface area (Å²) < 4.78 is 5.84. The van der Waals surface area contributed by atoms with Gasteiger partial charge in [0, 0.05) is 10.8 Å². The molecule has 0 saturated carbocycles. The fourth-order valence-corrected chi connectivity index (χ4v) is 2.97. The summed E-state index contributed by atoms with van der Waals surface area (Å²) in [5.74, 6) is 0. The average Bonchev–Trinajstić information content (AvgIpc) is 2.85. The maximum Gasteiger partial charge on any atom is 0.135 e. The topological polar surface area (TPSA) is 13.1 Å². The lowest BCUT2D eigenvalue weighted by Gasteiger charge is -2.09. The average molecular weight is 287 g/mol. The Morgan fingerprint density at radius 2 is 1.80 bits per heavy atom.